The maximum absolute atomic E-state index is 12.6. The summed E-state index contributed by atoms with van der Waals surface area (Å²) in [5, 5.41) is 9.82. The van der Waals surface area contributed by atoms with Crippen LogP contribution in [-0.2, 0) is 11.3 Å². The first-order valence-electron chi connectivity index (χ1n) is 7.61. The third-order valence-electron chi connectivity index (χ3n) is 3.88. The van der Waals surface area contributed by atoms with E-state index in [1.807, 2.05) is 24.3 Å². The number of Topliss-reactive ketones (excluding diaryl/α,β-unsaturated/α-hetero) is 1. The lowest BCUT2D eigenvalue weighted by Crippen LogP contribution is -2.24. The molecule has 0 aliphatic heterocycles. The van der Waals surface area contributed by atoms with Crippen LogP contribution in [0.3, 0.4) is 0 Å². The van der Waals surface area contributed by atoms with E-state index in [9.17, 15) is 9.59 Å². The second-order valence-corrected chi connectivity index (χ2v) is 5.51. The van der Waals surface area contributed by atoms with E-state index in [0.717, 1.165) is 10.9 Å². The first-order valence-corrected chi connectivity index (χ1v) is 7.61. The number of para-hydroxylation sites is 1. The van der Waals surface area contributed by atoms with E-state index in [4.69, 9.17) is 9.84 Å². The highest BCUT2D eigenvalue weighted by Gasteiger charge is 2.22. The van der Waals surface area contributed by atoms with Gasteiger partial charge in [-0.3, -0.25) is 4.79 Å². The highest BCUT2D eigenvalue weighted by Crippen LogP contribution is 2.20. The Labute approximate surface area is 138 Å². The summed E-state index contributed by atoms with van der Waals surface area (Å²) in [6.07, 6.45) is 0.738. The van der Waals surface area contributed by atoms with Gasteiger partial charge in [-0.2, -0.15) is 0 Å². The number of aromatic amines is 1. The number of carbonyl (C=O) groups is 2. The lowest BCUT2D eigenvalue weighted by atomic mass is 10.1. The van der Waals surface area contributed by atoms with E-state index in [2.05, 4.69) is 4.98 Å². The molecule has 0 amide bonds. The third kappa shape index (κ3) is 3.07. The molecule has 0 aliphatic carbocycles. The average molecular weight is 323 g/mol. The first kappa shape index (κ1) is 16.0. The zero-order chi connectivity index (χ0) is 17.1. The minimum absolute atomic E-state index is 0.0925. The van der Waals surface area contributed by atoms with Gasteiger partial charge in [0.25, 0.3) is 0 Å². The van der Waals surface area contributed by atoms with Crippen LogP contribution >= 0.6 is 0 Å². The molecule has 1 unspecified atom stereocenters. The number of fused-ring (bicyclic) bond motifs is 1. The number of rotatable bonds is 5. The molecule has 0 saturated carbocycles. The van der Waals surface area contributed by atoms with E-state index in [1.165, 1.54) is 0 Å². The molecule has 0 fully saturated rings. The summed E-state index contributed by atoms with van der Waals surface area (Å²) >= 11 is 0. The second kappa shape index (κ2) is 6.68. The predicted molar refractivity (Wildman–Crippen MR) is 89.9 cm³/mol. The molecule has 5 heteroatoms. The highest BCUT2D eigenvalue weighted by atomic mass is 16.5. The quantitative estimate of drug-likeness (QED) is 0.558. The number of ketones is 1. The number of aromatic nitrogens is 1. The minimum Gasteiger partial charge on any atom is -0.451 e. The van der Waals surface area contributed by atoms with Gasteiger partial charge in [0.2, 0.25) is 5.78 Å². The van der Waals surface area contributed by atoms with E-state index in [0.29, 0.717) is 16.7 Å². The summed E-state index contributed by atoms with van der Waals surface area (Å²) in [5.74, 6) is -0.826. The molecular weight excluding hydrogens is 306 g/mol. The molecule has 2 N–H and O–H groups in total. The van der Waals surface area contributed by atoms with Crippen LogP contribution in [0.5, 0.6) is 0 Å². The van der Waals surface area contributed by atoms with E-state index in [1.54, 1.807) is 37.4 Å². The van der Waals surface area contributed by atoms with Gasteiger partial charge in [0, 0.05) is 22.7 Å². The predicted octanol–water partition coefficient (Wildman–Crippen LogP) is 3.09. The molecule has 0 spiro atoms. The number of esters is 1. The summed E-state index contributed by atoms with van der Waals surface area (Å²) in [7, 11) is 0. The Balaban J connectivity index is 1.74. The highest BCUT2D eigenvalue weighted by molar-refractivity contribution is 6.10. The van der Waals surface area contributed by atoms with Crippen LogP contribution in [0, 0.1) is 0 Å². The number of hydrogen-bond donors (Lipinski definition) is 2. The maximum Gasteiger partial charge on any atom is 0.338 e. The molecule has 5 nitrogen and oxygen atoms in total. The van der Waals surface area contributed by atoms with Gasteiger partial charge in [-0.25, -0.2) is 4.79 Å². The van der Waals surface area contributed by atoms with Crippen molar-refractivity contribution in [2.24, 2.45) is 0 Å². The number of nitrogens with one attached hydrogen (secondary N) is 1. The van der Waals surface area contributed by atoms with Crippen molar-refractivity contribution in [2.75, 3.05) is 0 Å². The molecule has 1 atom stereocenters. The van der Waals surface area contributed by atoms with Crippen LogP contribution in [0.25, 0.3) is 10.9 Å². The van der Waals surface area contributed by atoms with Crippen LogP contribution in [0.15, 0.2) is 54.7 Å². The molecule has 122 valence electrons. The number of ether oxygens (including phenoxy) is 1. The molecule has 0 saturated heterocycles. The molecule has 1 aromatic heterocycles. The summed E-state index contributed by atoms with van der Waals surface area (Å²) < 4.78 is 5.28. The summed E-state index contributed by atoms with van der Waals surface area (Å²) in [6.45, 7) is 1.47. The lowest BCUT2D eigenvalue weighted by Gasteiger charge is -2.12. The first-order chi connectivity index (χ1) is 11.6. The fraction of sp³-hybridized carbons (Fsp3) is 0.158. The van der Waals surface area contributed by atoms with Gasteiger partial charge in [0.15, 0.2) is 6.10 Å². The van der Waals surface area contributed by atoms with Crippen molar-refractivity contribution in [2.45, 2.75) is 19.6 Å². The standard InChI is InChI=1S/C19H17NO4/c1-12(24-19(23)14-8-6-13(11-21)7-9-14)18(22)16-10-20-17-5-3-2-4-15(16)17/h2-10,12,20-21H,11H2,1H3. The number of hydrogen-bond acceptors (Lipinski definition) is 4. The smallest absolute Gasteiger partial charge is 0.338 e. The zero-order valence-electron chi connectivity index (χ0n) is 13.2. The molecule has 0 aliphatic rings. The van der Waals surface area contributed by atoms with Crippen LogP contribution < -0.4 is 0 Å². The van der Waals surface area contributed by atoms with Gasteiger partial charge in [0.05, 0.1) is 12.2 Å². The summed E-state index contributed by atoms with van der Waals surface area (Å²) in [4.78, 5) is 27.7. The number of aliphatic hydroxyl groups is 1. The fourth-order valence-corrected chi connectivity index (χ4v) is 2.52. The maximum atomic E-state index is 12.6. The Morgan fingerprint density at radius 1 is 1.12 bits per heavy atom. The molecule has 3 aromatic rings. The normalized spacial score (nSPS) is 12.1. The van der Waals surface area contributed by atoms with E-state index in [-0.39, 0.29) is 12.4 Å². The fourth-order valence-electron chi connectivity index (χ4n) is 2.52. The van der Waals surface area contributed by atoms with Crippen LogP contribution in [0.4, 0.5) is 0 Å². The lowest BCUT2D eigenvalue weighted by molar-refractivity contribution is 0.0319. The van der Waals surface area contributed by atoms with Gasteiger partial charge in [-0.1, -0.05) is 30.3 Å². The zero-order valence-corrected chi connectivity index (χ0v) is 13.2. The van der Waals surface area contributed by atoms with E-state index < -0.39 is 12.1 Å². The Morgan fingerprint density at radius 2 is 1.83 bits per heavy atom. The molecule has 2 aromatic carbocycles. The Hall–Kier alpha value is -2.92. The Kier molecular flexibility index (Phi) is 4.44. The monoisotopic (exact) mass is 323 g/mol. The number of carbonyl (C=O) groups excluding carboxylic acids is 2. The Morgan fingerprint density at radius 3 is 2.54 bits per heavy atom. The van der Waals surface area contributed by atoms with Gasteiger partial charge in [-0.15, -0.1) is 0 Å². The SMILES string of the molecule is CC(OC(=O)c1ccc(CO)cc1)C(=O)c1c[nH]c2ccccc12. The average Bonchev–Trinajstić information content (AvgIpc) is 3.05. The second-order valence-electron chi connectivity index (χ2n) is 5.51. The number of aliphatic hydroxyl groups excluding tert-OH is 1. The molecule has 0 radical (unpaired) electrons. The summed E-state index contributed by atoms with van der Waals surface area (Å²) in [6, 6.07) is 13.9. The van der Waals surface area contributed by atoms with Crippen molar-refractivity contribution in [3.63, 3.8) is 0 Å². The van der Waals surface area contributed by atoms with Crippen molar-refractivity contribution < 1.29 is 19.4 Å². The number of H-pyrrole nitrogens is 1. The Bertz CT molecular complexity index is 880. The third-order valence-corrected chi connectivity index (χ3v) is 3.88. The molecule has 24 heavy (non-hydrogen) atoms. The van der Waals surface area contributed by atoms with Crippen molar-refractivity contribution in [1.29, 1.82) is 0 Å². The topological polar surface area (TPSA) is 79.4 Å². The van der Waals surface area contributed by atoms with Crippen molar-refractivity contribution in [3.8, 4) is 0 Å². The van der Waals surface area contributed by atoms with Crippen LogP contribution in [-0.4, -0.2) is 27.9 Å². The van der Waals surface area contributed by atoms with Gasteiger partial charge in [-0.05, 0) is 30.7 Å². The van der Waals surface area contributed by atoms with Gasteiger partial charge in [0.1, 0.15) is 0 Å². The van der Waals surface area contributed by atoms with Gasteiger partial charge < -0.3 is 14.8 Å². The molecule has 0 bridgehead atoms. The van der Waals surface area contributed by atoms with Crippen molar-refractivity contribution in [3.05, 3.63) is 71.4 Å². The summed E-state index contributed by atoms with van der Waals surface area (Å²) in [5.41, 5.74) is 2.40. The van der Waals surface area contributed by atoms with Gasteiger partial charge >= 0.3 is 5.97 Å². The van der Waals surface area contributed by atoms with Crippen LogP contribution in [0.2, 0.25) is 0 Å². The minimum atomic E-state index is -0.894. The molecule has 3 rings (SSSR count). The molecular formula is C19H17NO4. The largest absolute Gasteiger partial charge is 0.451 e. The van der Waals surface area contributed by atoms with Crippen molar-refractivity contribution >= 4 is 22.7 Å². The molecule has 1 heterocycles. The number of benzene rings is 2. The van der Waals surface area contributed by atoms with E-state index >= 15 is 0 Å². The van der Waals surface area contributed by atoms with Crippen molar-refractivity contribution in [1.82, 2.24) is 4.98 Å². The van der Waals surface area contributed by atoms with Crippen LogP contribution in [0.1, 0.15) is 33.2 Å².